The smallest absolute Gasteiger partial charge is 0.283 e. The highest BCUT2D eigenvalue weighted by atomic mass is 35.5. The van der Waals surface area contributed by atoms with Crippen LogP contribution in [0.1, 0.15) is 16.7 Å². The fourth-order valence-electron chi connectivity index (χ4n) is 3.45. The summed E-state index contributed by atoms with van der Waals surface area (Å²) in [7, 11) is 0. The zero-order chi connectivity index (χ0) is 25.1. The van der Waals surface area contributed by atoms with E-state index < -0.39 is 5.91 Å². The Morgan fingerprint density at radius 1 is 1.08 bits per heavy atom. The molecular formula is C26H20ClN5O3S. The minimum absolute atomic E-state index is 0.0219. The molecule has 180 valence electrons. The lowest BCUT2D eigenvalue weighted by Crippen LogP contribution is -2.35. The van der Waals surface area contributed by atoms with Gasteiger partial charge in [-0.3, -0.25) is 15.2 Å². The molecule has 0 radical (unpaired) electrons. The average Bonchev–Trinajstić information content (AvgIpc) is 3.32. The monoisotopic (exact) mass is 517 g/mol. The first-order valence-corrected chi connectivity index (χ1v) is 12.2. The van der Waals surface area contributed by atoms with Gasteiger partial charge in [-0.2, -0.15) is 15.1 Å². The molecule has 1 amide bonds. The van der Waals surface area contributed by atoms with Crippen molar-refractivity contribution in [2.75, 3.05) is 13.2 Å². The fraction of sp³-hybridized carbons (Fsp3) is 0.115. The topological polar surface area (TPSA) is 100 Å². The molecule has 2 aliphatic heterocycles. The number of carbonyl (C=O) groups excluding carboxylic acids is 1. The van der Waals surface area contributed by atoms with Crippen LogP contribution in [-0.2, 0) is 4.79 Å². The van der Waals surface area contributed by atoms with E-state index in [9.17, 15) is 4.79 Å². The number of aryl methyl sites for hydroxylation is 1. The summed E-state index contributed by atoms with van der Waals surface area (Å²) in [5, 5.41) is 16.1. The zero-order valence-electron chi connectivity index (χ0n) is 19.1. The number of amidine groups is 2. The number of benzene rings is 2. The van der Waals surface area contributed by atoms with E-state index in [0.717, 1.165) is 22.4 Å². The number of rotatable bonds is 7. The van der Waals surface area contributed by atoms with E-state index in [2.05, 4.69) is 15.1 Å². The third-order valence-corrected chi connectivity index (χ3v) is 6.69. The van der Waals surface area contributed by atoms with E-state index >= 15 is 0 Å². The molecule has 1 aromatic heterocycles. The number of pyridine rings is 1. The van der Waals surface area contributed by atoms with Gasteiger partial charge < -0.3 is 9.47 Å². The van der Waals surface area contributed by atoms with Crippen molar-refractivity contribution in [3.8, 4) is 11.5 Å². The first kappa shape index (κ1) is 23.8. The summed E-state index contributed by atoms with van der Waals surface area (Å²) in [6.45, 7) is 2.67. The minimum atomic E-state index is -0.476. The Labute approximate surface area is 216 Å². The second-order valence-electron chi connectivity index (χ2n) is 7.84. The van der Waals surface area contributed by atoms with Gasteiger partial charge in [0, 0.05) is 23.0 Å². The molecule has 5 rings (SSSR count). The number of nitrogens with zero attached hydrogens (tertiary/aromatic N) is 4. The van der Waals surface area contributed by atoms with Crippen molar-refractivity contribution in [2.24, 2.45) is 10.1 Å². The molecule has 0 unspecified atom stereocenters. The van der Waals surface area contributed by atoms with Crippen molar-refractivity contribution in [1.29, 1.82) is 5.41 Å². The Morgan fingerprint density at radius 2 is 1.83 bits per heavy atom. The lowest BCUT2D eigenvalue weighted by atomic mass is 10.1. The van der Waals surface area contributed by atoms with E-state index in [4.69, 9.17) is 26.5 Å². The molecule has 3 aromatic rings. The molecule has 0 spiro atoms. The predicted molar refractivity (Wildman–Crippen MR) is 142 cm³/mol. The van der Waals surface area contributed by atoms with Crippen LogP contribution in [0.5, 0.6) is 11.5 Å². The molecule has 8 nitrogen and oxygen atoms in total. The highest BCUT2D eigenvalue weighted by molar-refractivity contribution is 8.27. The second-order valence-corrected chi connectivity index (χ2v) is 9.21. The Hall–Kier alpha value is -3.95. The van der Waals surface area contributed by atoms with Crippen LogP contribution in [0.3, 0.4) is 0 Å². The molecule has 2 aliphatic rings. The molecule has 36 heavy (non-hydrogen) atoms. The molecule has 3 heterocycles. The fourth-order valence-corrected chi connectivity index (χ4v) is 4.45. The number of fused-ring (bicyclic) bond motifs is 1. The maximum atomic E-state index is 12.6. The van der Waals surface area contributed by atoms with Crippen LogP contribution in [0.15, 0.2) is 82.7 Å². The SMILES string of the molecule is Cc1cc(OCCOc2ccc(/C=C3/C(=N)N4N=C(c5cccnc5)SC4=NC3=O)cc2)ccc1Cl. The molecule has 2 aromatic carbocycles. The molecule has 10 heteroatoms. The number of amides is 1. The summed E-state index contributed by atoms with van der Waals surface area (Å²) < 4.78 is 11.4. The molecule has 0 saturated carbocycles. The summed E-state index contributed by atoms with van der Waals surface area (Å²) >= 11 is 7.27. The number of hydrogen-bond donors (Lipinski definition) is 1. The number of ether oxygens (including phenoxy) is 2. The maximum Gasteiger partial charge on any atom is 0.283 e. The van der Waals surface area contributed by atoms with Crippen LogP contribution in [0.2, 0.25) is 5.02 Å². The molecule has 0 saturated heterocycles. The van der Waals surface area contributed by atoms with Gasteiger partial charge in [-0.15, -0.1) is 0 Å². The lowest BCUT2D eigenvalue weighted by Gasteiger charge is -2.20. The van der Waals surface area contributed by atoms with Gasteiger partial charge in [-0.25, -0.2) is 0 Å². The predicted octanol–water partition coefficient (Wildman–Crippen LogP) is 5.17. The molecule has 0 atom stereocenters. The largest absolute Gasteiger partial charge is 0.490 e. The van der Waals surface area contributed by atoms with Crippen molar-refractivity contribution in [2.45, 2.75) is 6.92 Å². The third kappa shape index (κ3) is 5.17. The van der Waals surface area contributed by atoms with Gasteiger partial charge in [0.15, 0.2) is 5.84 Å². The van der Waals surface area contributed by atoms with Crippen LogP contribution in [-0.4, -0.2) is 45.2 Å². The van der Waals surface area contributed by atoms with Crippen molar-refractivity contribution < 1.29 is 14.3 Å². The lowest BCUT2D eigenvalue weighted by molar-refractivity contribution is -0.114. The first-order valence-electron chi connectivity index (χ1n) is 11.0. The Bertz CT molecular complexity index is 1420. The number of aliphatic imine (C=N–C) groups is 1. The summed E-state index contributed by atoms with van der Waals surface area (Å²) in [4.78, 5) is 20.9. The third-order valence-electron chi connectivity index (χ3n) is 5.30. The second kappa shape index (κ2) is 10.3. The summed E-state index contributed by atoms with van der Waals surface area (Å²) in [5.74, 6) is 0.906. The van der Waals surface area contributed by atoms with Crippen molar-refractivity contribution >= 4 is 51.4 Å². The van der Waals surface area contributed by atoms with E-state index in [1.165, 1.54) is 16.8 Å². The van der Waals surface area contributed by atoms with Crippen LogP contribution >= 0.6 is 23.4 Å². The standard InChI is InChI=1S/C26H20ClN5O3S/c1-16-13-20(8-9-22(16)27)35-12-11-34-19-6-4-17(5-7-19)14-21-23(28)32-26(30-24(21)33)36-25(31-32)18-3-2-10-29-15-18/h2-10,13-15,28H,11-12H2,1H3/b21-14-,28-23?. The van der Waals surface area contributed by atoms with Gasteiger partial charge in [-0.1, -0.05) is 23.7 Å². The number of carbonyl (C=O) groups is 1. The van der Waals surface area contributed by atoms with E-state index in [0.29, 0.717) is 34.2 Å². The number of thioether (sulfide) groups is 1. The van der Waals surface area contributed by atoms with Gasteiger partial charge in [0.2, 0.25) is 5.17 Å². The van der Waals surface area contributed by atoms with Crippen molar-refractivity contribution in [1.82, 2.24) is 9.99 Å². The summed E-state index contributed by atoms with van der Waals surface area (Å²) in [6, 6.07) is 16.4. The van der Waals surface area contributed by atoms with Gasteiger partial charge in [-0.05, 0) is 78.4 Å². The van der Waals surface area contributed by atoms with Crippen LogP contribution in [0.25, 0.3) is 6.08 Å². The molecule has 0 fully saturated rings. The Kier molecular flexibility index (Phi) is 6.84. The number of hydrogen-bond acceptors (Lipinski definition) is 7. The Morgan fingerprint density at radius 3 is 2.56 bits per heavy atom. The van der Waals surface area contributed by atoms with Crippen LogP contribution in [0, 0.1) is 12.3 Å². The zero-order valence-corrected chi connectivity index (χ0v) is 20.7. The summed E-state index contributed by atoms with van der Waals surface area (Å²) in [5.41, 5.74) is 2.66. The minimum Gasteiger partial charge on any atom is -0.490 e. The van der Waals surface area contributed by atoms with Crippen molar-refractivity contribution in [3.05, 3.63) is 94.3 Å². The van der Waals surface area contributed by atoms with Gasteiger partial charge in [0.25, 0.3) is 5.91 Å². The maximum absolute atomic E-state index is 12.6. The number of hydrazone groups is 1. The van der Waals surface area contributed by atoms with Gasteiger partial charge in [0.05, 0.1) is 5.57 Å². The average molecular weight is 518 g/mol. The Balaban J connectivity index is 1.21. The highest BCUT2D eigenvalue weighted by Gasteiger charge is 2.36. The van der Waals surface area contributed by atoms with E-state index in [1.54, 1.807) is 42.7 Å². The van der Waals surface area contributed by atoms with Crippen LogP contribution in [0.4, 0.5) is 0 Å². The van der Waals surface area contributed by atoms with Gasteiger partial charge >= 0.3 is 0 Å². The van der Waals surface area contributed by atoms with E-state index in [1.807, 2.05) is 37.3 Å². The molecular weight excluding hydrogens is 498 g/mol. The van der Waals surface area contributed by atoms with Crippen LogP contribution < -0.4 is 9.47 Å². The molecule has 0 aliphatic carbocycles. The highest BCUT2D eigenvalue weighted by Crippen LogP contribution is 2.30. The van der Waals surface area contributed by atoms with Crippen molar-refractivity contribution in [3.63, 3.8) is 0 Å². The normalized spacial score (nSPS) is 16.1. The van der Waals surface area contributed by atoms with Gasteiger partial charge in [0.1, 0.15) is 29.8 Å². The number of halogens is 1. The number of aromatic nitrogens is 1. The quantitative estimate of drug-likeness (QED) is 0.343. The molecule has 1 N–H and O–H groups in total. The van der Waals surface area contributed by atoms with E-state index in [-0.39, 0.29) is 11.4 Å². The first-order chi connectivity index (χ1) is 17.5. The summed E-state index contributed by atoms with van der Waals surface area (Å²) in [6.07, 6.45) is 4.98. The molecule has 0 bridgehead atoms. The number of nitrogens with one attached hydrogen (secondary N) is 1.